The molecule has 0 bridgehead atoms. The number of hydrogen-bond donors (Lipinski definition) is 2. The molecular weight excluding hydrogens is 729 g/mol. The third-order valence-corrected chi connectivity index (χ3v) is 10.6. The molecule has 1 saturated heterocycles. The van der Waals surface area contributed by atoms with E-state index in [1.54, 1.807) is 32.4 Å². The van der Waals surface area contributed by atoms with Crippen molar-refractivity contribution in [2.75, 3.05) is 40.5 Å². The van der Waals surface area contributed by atoms with Crippen LogP contribution >= 0.6 is 0 Å². The first kappa shape index (κ1) is 40.7. The molecule has 298 valence electrons. The highest BCUT2D eigenvalue weighted by atomic mass is 19.3. The molecule has 0 amide bonds. The van der Waals surface area contributed by atoms with Gasteiger partial charge in [0.05, 0.1) is 14.2 Å². The van der Waals surface area contributed by atoms with E-state index in [0.717, 1.165) is 65.6 Å². The Bertz CT molecular complexity index is 2050. The van der Waals surface area contributed by atoms with Crippen LogP contribution in [-0.2, 0) is 25.9 Å². The van der Waals surface area contributed by atoms with Crippen molar-refractivity contribution in [1.82, 2.24) is 15.2 Å². The maximum atomic E-state index is 13.2. The number of nitrogens with zero attached hydrogens (tertiary/aromatic N) is 1. The monoisotopic (exact) mass is 777 g/mol. The second-order valence-corrected chi connectivity index (χ2v) is 14.5. The highest BCUT2D eigenvalue weighted by Crippen LogP contribution is 2.39. The third-order valence-electron chi connectivity index (χ3n) is 10.6. The molecule has 2 N–H and O–H groups in total. The van der Waals surface area contributed by atoms with E-state index < -0.39 is 19.0 Å². The number of hydrogen-bond acceptors (Lipinski definition) is 6. The lowest BCUT2D eigenvalue weighted by atomic mass is 9.85. The Balaban J connectivity index is 0.000000190. The predicted octanol–water partition coefficient (Wildman–Crippen LogP) is 9.28. The van der Waals surface area contributed by atoms with Crippen LogP contribution in [0.2, 0.25) is 0 Å². The minimum atomic E-state index is -4.18. The molecule has 12 heteroatoms. The van der Waals surface area contributed by atoms with Gasteiger partial charge in [0.1, 0.15) is 11.6 Å². The SMILES string of the molecule is COc1cc2c(cc1OC)C(=O)C(CC1CCN(Cc3ccccc3)CC1)C2.Fc1ccc2c(CCNCc3cccc(OCC(F)(F)C(F)F)c3)c[nH]c2c1. The summed E-state index contributed by atoms with van der Waals surface area (Å²) in [5.41, 5.74) is 5.87. The van der Waals surface area contributed by atoms with Crippen molar-refractivity contribution < 1.29 is 41.0 Å². The number of ether oxygens (including phenoxy) is 3. The summed E-state index contributed by atoms with van der Waals surface area (Å²) in [5.74, 6) is -1.99. The summed E-state index contributed by atoms with van der Waals surface area (Å²) in [6.45, 7) is 2.99. The first-order chi connectivity index (χ1) is 27.0. The van der Waals surface area contributed by atoms with E-state index in [9.17, 15) is 26.7 Å². The number of carbonyl (C=O) groups is 1. The summed E-state index contributed by atoms with van der Waals surface area (Å²) in [4.78, 5) is 18.5. The number of H-pyrrole nitrogens is 1. The number of nitrogens with one attached hydrogen (secondary N) is 2. The number of carbonyl (C=O) groups excluding carboxylic acids is 1. The molecule has 0 radical (unpaired) electrons. The first-order valence-electron chi connectivity index (χ1n) is 18.9. The van der Waals surface area contributed by atoms with Gasteiger partial charge >= 0.3 is 12.3 Å². The molecule has 1 unspecified atom stereocenters. The molecule has 1 aliphatic carbocycles. The fourth-order valence-corrected chi connectivity index (χ4v) is 7.52. The van der Waals surface area contributed by atoms with Gasteiger partial charge in [-0.1, -0.05) is 42.5 Å². The lowest BCUT2D eigenvalue weighted by molar-refractivity contribution is -0.148. The highest BCUT2D eigenvalue weighted by Gasteiger charge is 2.41. The minimum Gasteiger partial charge on any atom is -0.493 e. The van der Waals surface area contributed by atoms with Crippen molar-refractivity contribution in [3.63, 3.8) is 0 Å². The fourth-order valence-electron chi connectivity index (χ4n) is 7.52. The Kier molecular flexibility index (Phi) is 13.7. The number of aromatic amines is 1. The van der Waals surface area contributed by atoms with Crippen LogP contribution < -0.4 is 19.5 Å². The van der Waals surface area contributed by atoms with Crippen molar-refractivity contribution in [1.29, 1.82) is 0 Å². The van der Waals surface area contributed by atoms with Crippen LogP contribution in [0.4, 0.5) is 22.0 Å². The van der Waals surface area contributed by atoms with E-state index in [2.05, 4.69) is 45.5 Å². The zero-order chi connectivity index (χ0) is 39.7. The predicted molar refractivity (Wildman–Crippen MR) is 207 cm³/mol. The average Bonchev–Trinajstić information content (AvgIpc) is 3.74. The molecular formula is C44H48F5N3O4. The fraction of sp³-hybridized carbons (Fsp3) is 0.386. The van der Waals surface area contributed by atoms with Gasteiger partial charge < -0.3 is 24.5 Å². The van der Waals surface area contributed by atoms with Gasteiger partial charge in [-0.25, -0.2) is 13.2 Å². The quantitative estimate of drug-likeness (QED) is 0.0816. The molecule has 0 spiro atoms. The number of piperidine rings is 1. The Morgan fingerprint density at radius 2 is 1.64 bits per heavy atom. The lowest BCUT2D eigenvalue weighted by Gasteiger charge is -2.32. The van der Waals surface area contributed by atoms with E-state index >= 15 is 0 Å². The number of methoxy groups -OCH3 is 2. The minimum absolute atomic E-state index is 0.109. The standard InChI is InChI=1S/C24H29NO3.C20H19F5N2O/c1-27-22-14-19-13-20(24(26)21(19)15-23(22)28-2)12-17-8-10-25(11-9-17)16-18-6-4-3-5-7-18;21-15-4-5-17-14(11-27-18(17)9-15)6-7-26-10-13-2-1-3-16(8-13)28-12-20(24,25)19(22)23/h3-7,14-15,17,20H,8-13,16H2,1-2H3;1-5,8-9,11,19,26-27H,6-7,10,12H2. The van der Waals surface area contributed by atoms with Crippen molar-refractivity contribution in [3.05, 3.63) is 125 Å². The van der Waals surface area contributed by atoms with Crippen LogP contribution in [0.3, 0.4) is 0 Å². The van der Waals surface area contributed by atoms with Crippen molar-refractivity contribution >= 4 is 16.7 Å². The Labute approximate surface area is 324 Å². The van der Waals surface area contributed by atoms with Gasteiger partial charge in [-0.2, -0.15) is 8.78 Å². The second-order valence-electron chi connectivity index (χ2n) is 14.5. The molecule has 7 nitrogen and oxygen atoms in total. The van der Waals surface area contributed by atoms with E-state index in [1.165, 1.54) is 42.7 Å². The number of rotatable bonds is 15. The zero-order valence-electron chi connectivity index (χ0n) is 31.6. The summed E-state index contributed by atoms with van der Waals surface area (Å²) in [5, 5.41) is 4.18. The molecule has 4 aromatic carbocycles. The van der Waals surface area contributed by atoms with Gasteiger partial charge in [-0.05, 0) is 122 Å². The number of halogens is 5. The van der Waals surface area contributed by atoms with Crippen LogP contribution in [-0.4, -0.2) is 68.5 Å². The topological polar surface area (TPSA) is 75.8 Å². The van der Waals surface area contributed by atoms with Crippen LogP contribution in [0.25, 0.3) is 10.9 Å². The number of alkyl halides is 4. The Morgan fingerprint density at radius 3 is 2.38 bits per heavy atom. The third kappa shape index (κ3) is 10.5. The molecule has 56 heavy (non-hydrogen) atoms. The van der Waals surface area contributed by atoms with Gasteiger partial charge in [-0.15, -0.1) is 0 Å². The summed E-state index contributed by atoms with van der Waals surface area (Å²) in [6, 6.07) is 25.5. The van der Waals surface area contributed by atoms with Gasteiger partial charge in [-0.3, -0.25) is 9.69 Å². The van der Waals surface area contributed by atoms with Gasteiger partial charge in [0, 0.05) is 41.7 Å². The van der Waals surface area contributed by atoms with Crippen molar-refractivity contribution in [3.8, 4) is 17.2 Å². The van der Waals surface area contributed by atoms with Crippen molar-refractivity contribution in [2.24, 2.45) is 11.8 Å². The number of aromatic nitrogens is 1. The maximum absolute atomic E-state index is 13.2. The average molecular weight is 778 g/mol. The molecule has 2 heterocycles. The molecule has 1 aromatic heterocycles. The van der Waals surface area contributed by atoms with E-state index in [-0.39, 0.29) is 23.3 Å². The van der Waals surface area contributed by atoms with Crippen LogP contribution in [0.5, 0.6) is 17.2 Å². The molecule has 5 aromatic rings. The zero-order valence-corrected chi connectivity index (χ0v) is 31.6. The molecule has 0 saturated carbocycles. The Hall–Kier alpha value is -4.94. The summed E-state index contributed by atoms with van der Waals surface area (Å²) < 4.78 is 79.0. The van der Waals surface area contributed by atoms with Gasteiger partial charge in [0.2, 0.25) is 0 Å². The molecule has 1 aliphatic heterocycles. The number of ketones is 1. The normalized spacial score (nSPS) is 16.1. The van der Waals surface area contributed by atoms with Gasteiger partial charge in [0.25, 0.3) is 0 Å². The summed E-state index contributed by atoms with van der Waals surface area (Å²) in [6.07, 6.45) is 2.97. The largest absolute Gasteiger partial charge is 0.493 e. The maximum Gasteiger partial charge on any atom is 0.340 e. The second kappa shape index (κ2) is 18.8. The molecule has 1 fully saturated rings. The van der Waals surface area contributed by atoms with Crippen molar-refractivity contribution in [2.45, 2.75) is 57.5 Å². The number of fused-ring (bicyclic) bond motifs is 2. The number of Topliss-reactive ketones (excluding diaryl/α,β-unsaturated/α-hetero) is 1. The smallest absolute Gasteiger partial charge is 0.340 e. The van der Waals surface area contributed by atoms with Gasteiger partial charge in [0.15, 0.2) is 23.9 Å². The molecule has 7 rings (SSSR count). The number of likely N-dealkylation sites (tertiary alicyclic amines) is 1. The highest BCUT2D eigenvalue weighted by molar-refractivity contribution is 6.03. The molecule has 2 aliphatic rings. The van der Waals surface area contributed by atoms with E-state index in [4.69, 9.17) is 14.2 Å². The Morgan fingerprint density at radius 1 is 0.911 bits per heavy atom. The van der Waals surface area contributed by atoms with Crippen LogP contribution in [0, 0.1) is 17.7 Å². The summed E-state index contributed by atoms with van der Waals surface area (Å²) >= 11 is 0. The van der Waals surface area contributed by atoms with Crippen LogP contribution in [0.15, 0.2) is 91.1 Å². The van der Waals surface area contributed by atoms with Crippen LogP contribution in [0.1, 0.15) is 51.9 Å². The molecule has 1 atom stereocenters. The lowest BCUT2D eigenvalue weighted by Crippen LogP contribution is -2.34. The first-order valence-corrected chi connectivity index (χ1v) is 18.9. The van der Waals surface area contributed by atoms with E-state index in [1.807, 2.05) is 18.3 Å². The van der Waals surface area contributed by atoms with E-state index in [0.29, 0.717) is 36.9 Å². The number of benzene rings is 4. The summed E-state index contributed by atoms with van der Waals surface area (Å²) in [7, 11) is 3.26.